The number of aliphatic carboxylic acids is 1. The van der Waals surface area contributed by atoms with E-state index in [4.69, 9.17) is 4.42 Å². The Morgan fingerprint density at radius 1 is 1.40 bits per heavy atom. The zero-order valence-corrected chi connectivity index (χ0v) is 12.4. The van der Waals surface area contributed by atoms with E-state index in [9.17, 15) is 14.7 Å². The summed E-state index contributed by atoms with van der Waals surface area (Å²) in [7, 11) is 0. The van der Waals surface area contributed by atoms with Crippen molar-refractivity contribution in [3.63, 3.8) is 0 Å². The number of nitrogens with zero attached hydrogens (tertiary/aromatic N) is 1. The minimum atomic E-state index is -0.842. The lowest BCUT2D eigenvalue weighted by atomic mass is 9.76. The monoisotopic (exact) mass is 279 g/mol. The lowest BCUT2D eigenvalue weighted by Crippen LogP contribution is -2.40. The SMILES string of the molecule is Cc1cc(C)c(C(=O)N2CCC(C(=O)O)(C(C)C)C2)o1. The van der Waals surface area contributed by atoms with Crippen LogP contribution in [0, 0.1) is 25.2 Å². The van der Waals surface area contributed by atoms with Crippen molar-refractivity contribution in [3.05, 3.63) is 23.2 Å². The van der Waals surface area contributed by atoms with Gasteiger partial charge in [0, 0.05) is 18.7 Å². The molecule has 1 unspecified atom stereocenters. The maximum absolute atomic E-state index is 12.5. The Hall–Kier alpha value is -1.78. The van der Waals surface area contributed by atoms with Crippen LogP contribution in [-0.2, 0) is 4.79 Å². The number of hydrogen-bond donors (Lipinski definition) is 1. The highest BCUT2D eigenvalue weighted by molar-refractivity contribution is 5.94. The molecule has 20 heavy (non-hydrogen) atoms. The molecule has 1 aromatic rings. The molecule has 1 aromatic heterocycles. The van der Waals surface area contributed by atoms with Crippen molar-refractivity contribution in [3.8, 4) is 0 Å². The topological polar surface area (TPSA) is 70.8 Å². The van der Waals surface area contributed by atoms with E-state index in [2.05, 4.69) is 0 Å². The third kappa shape index (κ3) is 2.21. The maximum atomic E-state index is 12.5. The number of hydrogen-bond acceptors (Lipinski definition) is 3. The second kappa shape index (κ2) is 4.96. The van der Waals surface area contributed by atoms with Crippen molar-refractivity contribution < 1.29 is 19.1 Å². The van der Waals surface area contributed by atoms with Gasteiger partial charge in [-0.1, -0.05) is 13.8 Å². The van der Waals surface area contributed by atoms with Crippen LogP contribution in [-0.4, -0.2) is 35.0 Å². The van der Waals surface area contributed by atoms with Crippen molar-refractivity contribution in [2.75, 3.05) is 13.1 Å². The Morgan fingerprint density at radius 2 is 2.05 bits per heavy atom. The van der Waals surface area contributed by atoms with E-state index in [1.165, 1.54) is 0 Å². The van der Waals surface area contributed by atoms with Crippen molar-refractivity contribution >= 4 is 11.9 Å². The fourth-order valence-electron chi connectivity index (χ4n) is 2.90. The molecule has 0 spiro atoms. The Bertz CT molecular complexity index is 546. The van der Waals surface area contributed by atoms with Crippen LogP contribution in [0.4, 0.5) is 0 Å². The molecule has 2 heterocycles. The van der Waals surface area contributed by atoms with Crippen LogP contribution in [0.5, 0.6) is 0 Å². The average molecular weight is 279 g/mol. The number of amides is 1. The normalized spacial score (nSPS) is 22.6. The molecule has 0 bridgehead atoms. The van der Waals surface area contributed by atoms with Crippen LogP contribution in [0.1, 0.15) is 42.1 Å². The second-order valence-electron chi connectivity index (χ2n) is 5.96. The van der Waals surface area contributed by atoms with E-state index in [1.54, 1.807) is 11.8 Å². The first-order chi connectivity index (χ1) is 9.28. The molecule has 1 fully saturated rings. The molecule has 1 saturated heterocycles. The Morgan fingerprint density at radius 3 is 2.45 bits per heavy atom. The van der Waals surface area contributed by atoms with Crippen LogP contribution >= 0.6 is 0 Å². The first-order valence-electron chi connectivity index (χ1n) is 6.87. The standard InChI is InChI=1S/C15H21NO4/c1-9(2)15(14(18)19)5-6-16(8-15)13(17)12-10(3)7-11(4)20-12/h7,9H,5-6,8H2,1-4H3,(H,18,19). The third-order valence-corrected chi connectivity index (χ3v) is 4.35. The second-order valence-corrected chi connectivity index (χ2v) is 5.96. The number of furan rings is 1. The van der Waals surface area contributed by atoms with Crippen LogP contribution < -0.4 is 0 Å². The summed E-state index contributed by atoms with van der Waals surface area (Å²) in [6, 6.07) is 1.82. The lowest BCUT2D eigenvalue weighted by Gasteiger charge is -2.28. The zero-order valence-electron chi connectivity index (χ0n) is 12.4. The molecule has 0 aliphatic carbocycles. The fraction of sp³-hybridized carbons (Fsp3) is 0.600. The Balaban J connectivity index is 2.23. The summed E-state index contributed by atoms with van der Waals surface area (Å²) in [5.74, 6) is -0.0300. The van der Waals surface area contributed by atoms with Gasteiger partial charge in [0.15, 0.2) is 5.76 Å². The van der Waals surface area contributed by atoms with Crippen molar-refractivity contribution in [2.24, 2.45) is 11.3 Å². The highest BCUT2D eigenvalue weighted by Crippen LogP contribution is 2.38. The van der Waals surface area contributed by atoms with Gasteiger partial charge in [-0.2, -0.15) is 0 Å². The molecule has 0 saturated carbocycles. The van der Waals surface area contributed by atoms with Gasteiger partial charge in [-0.25, -0.2) is 0 Å². The van der Waals surface area contributed by atoms with Gasteiger partial charge in [0.1, 0.15) is 5.76 Å². The number of carbonyl (C=O) groups excluding carboxylic acids is 1. The largest absolute Gasteiger partial charge is 0.481 e. The van der Waals surface area contributed by atoms with Gasteiger partial charge in [-0.05, 0) is 32.3 Å². The summed E-state index contributed by atoms with van der Waals surface area (Å²) in [4.78, 5) is 25.6. The van der Waals surface area contributed by atoms with Crippen LogP contribution in [0.2, 0.25) is 0 Å². The Kier molecular flexibility index (Phi) is 3.63. The van der Waals surface area contributed by atoms with E-state index in [1.807, 2.05) is 26.8 Å². The molecule has 1 N–H and O–H groups in total. The molecule has 2 rings (SSSR count). The van der Waals surface area contributed by atoms with Crippen LogP contribution in [0.3, 0.4) is 0 Å². The van der Waals surface area contributed by atoms with Gasteiger partial charge >= 0.3 is 5.97 Å². The van der Waals surface area contributed by atoms with Gasteiger partial charge in [0.2, 0.25) is 0 Å². The molecule has 1 atom stereocenters. The summed E-state index contributed by atoms with van der Waals surface area (Å²) in [5, 5.41) is 9.50. The van der Waals surface area contributed by atoms with E-state index in [0.717, 1.165) is 5.56 Å². The minimum absolute atomic E-state index is 0.0164. The molecular weight excluding hydrogens is 258 g/mol. The number of carbonyl (C=O) groups is 2. The molecule has 0 aromatic carbocycles. The molecular formula is C15H21NO4. The van der Waals surface area contributed by atoms with E-state index >= 15 is 0 Å². The van der Waals surface area contributed by atoms with Gasteiger partial charge in [0.05, 0.1) is 5.41 Å². The number of likely N-dealkylation sites (tertiary alicyclic amines) is 1. The van der Waals surface area contributed by atoms with Gasteiger partial charge < -0.3 is 14.4 Å². The fourth-order valence-corrected chi connectivity index (χ4v) is 2.90. The van der Waals surface area contributed by atoms with E-state index in [-0.39, 0.29) is 18.4 Å². The van der Waals surface area contributed by atoms with Gasteiger partial charge in [-0.3, -0.25) is 9.59 Å². The average Bonchev–Trinajstić information content (AvgIpc) is 2.93. The molecule has 1 aliphatic heterocycles. The molecule has 110 valence electrons. The third-order valence-electron chi connectivity index (χ3n) is 4.35. The molecule has 5 heteroatoms. The lowest BCUT2D eigenvalue weighted by molar-refractivity contribution is -0.150. The number of rotatable bonds is 3. The van der Waals surface area contributed by atoms with Gasteiger partial charge in [0.25, 0.3) is 5.91 Å². The highest BCUT2D eigenvalue weighted by Gasteiger charge is 2.49. The first kappa shape index (κ1) is 14.6. The van der Waals surface area contributed by atoms with Gasteiger partial charge in [-0.15, -0.1) is 0 Å². The summed E-state index contributed by atoms with van der Waals surface area (Å²) in [6.45, 7) is 8.12. The summed E-state index contributed by atoms with van der Waals surface area (Å²) in [5.41, 5.74) is -0.0459. The van der Waals surface area contributed by atoms with Crippen LogP contribution in [0.25, 0.3) is 0 Å². The summed E-state index contributed by atoms with van der Waals surface area (Å²) in [6.07, 6.45) is 0.491. The number of carboxylic acid groups (broad SMARTS) is 1. The maximum Gasteiger partial charge on any atom is 0.311 e. The first-order valence-corrected chi connectivity index (χ1v) is 6.87. The predicted molar refractivity (Wildman–Crippen MR) is 73.6 cm³/mol. The molecule has 5 nitrogen and oxygen atoms in total. The summed E-state index contributed by atoms with van der Waals surface area (Å²) < 4.78 is 5.44. The number of carboxylic acids is 1. The predicted octanol–water partition coefficient (Wildman–Crippen LogP) is 2.47. The van der Waals surface area contributed by atoms with E-state index < -0.39 is 11.4 Å². The minimum Gasteiger partial charge on any atom is -0.481 e. The molecule has 0 radical (unpaired) electrons. The quantitative estimate of drug-likeness (QED) is 0.922. The number of aryl methyl sites for hydroxylation is 2. The van der Waals surface area contributed by atoms with Crippen LogP contribution in [0.15, 0.2) is 10.5 Å². The zero-order chi connectivity index (χ0) is 15.1. The Labute approximate surface area is 118 Å². The highest BCUT2D eigenvalue weighted by atomic mass is 16.4. The van der Waals surface area contributed by atoms with E-state index in [0.29, 0.717) is 24.5 Å². The van der Waals surface area contributed by atoms with Crippen molar-refractivity contribution in [1.29, 1.82) is 0 Å². The molecule has 1 aliphatic rings. The van der Waals surface area contributed by atoms with Crippen molar-refractivity contribution in [1.82, 2.24) is 4.90 Å². The molecule has 1 amide bonds. The smallest absolute Gasteiger partial charge is 0.311 e. The summed E-state index contributed by atoms with van der Waals surface area (Å²) >= 11 is 0. The van der Waals surface area contributed by atoms with Crippen molar-refractivity contribution in [2.45, 2.75) is 34.1 Å².